The van der Waals surface area contributed by atoms with Crippen molar-refractivity contribution >= 4 is 17.5 Å². The topological polar surface area (TPSA) is 77.2 Å². The molecule has 1 unspecified atom stereocenters. The van der Waals surface area contributed by atoms with E-state index in [9.17, 15) is 4.79 Å². The summed E-state index contributed by atoms with van der Waals surface area (Å²) in [5, 5.41) is 7.56. The van der Waals surface area contributed by atoms with Gasteiger partial charge in [0.1, 0.15) is 11.8 Å². The Labute approximate surface area is 168 Å². The van der Waals surface area contributed by atoms with E-state index in [1.165, 1.54) is 0 Å². The van der Waals surface area contributed by atoms with Crippen molar-refractivity contribution in [2.75, 3.05) is 6.61 Å². The highest BCUT2D eigenvalue weighted by Crippen LogP contribution is 2.24. The SMILES string of the molecule is Cc1ccc(-c2noc(C(NC(=O)COc3ccc(Cl)cc3)C(C)C)n2)cc1. The van der Waals surface area contributed by atoms with Gasteiger partial charge in [-0.1, -0.05) is 60.4 Å². The first kappa shape index (κ1) is 19.9. The van der Waals surface area contributed by atoms with E-state index in [-0.39, 0.29) is 18.4 Å². The molecular formula is C21H22ClN3O3. The molecule has 146 valence electrons. The van der Waals surface area contributed by atoms with Gasteiger partial charge in [0.15, 0.2) is 6.61 Å². The van der Waals surface area contributed by atoms with E-state index >= 15 is 0 Å². The summed E-state index contributed by atoms with van der Waals surface area (Å²) >= 11 is 5.84. The molecule has 1 aromatic heterocycles. The van der Waals surface area contributed by atoms with Crippen LogP contribution in [0, 0.1) is 12.8 Å². The quantitative estimate of drug-likeness (QED) is 0.628. The fourth-order valence-corrected chi connectivity index (χ4v) is 2.72. The Bertz CT molecular complexity index is 921. The van der Waals surface area contributed by atoms with Crippen molar-refractivity contribution in [1.82, 2.24) is 15.5 Å². The maximum absolute atomic E-state index is 12.3. The number of nitrogens with zero attached hydrogens (tertiary/aromatic N) is 2. The Morgan fingerprint density at radius 3 is 2.46 bits per heavy atom. The van der Waals surface area contributed by atoms with E-state index in [2.05, 4.69) is 15.5 Å². The third-order valence-corrected chi connectivity index (χ3v) is 4.44. The molecule has 1 amide bonds. The van der Waals surface area contributed by atoms with E-state index < -0.39 is 6.04 Å². The molecule has 0 saturated heterocycles. The van der Waals surface area contributed by atoms with Crippen LogP contribution < -0.4 is 10.1 Å². The van der Waals surface area contributed by atoms with Gasteiger partial charge >= 0.3 is 0 Å². The van der Waals surface area contributed by atoms with Crippen molar-refractivity contribution < 1.29 is 14.1 Å². The van der Waals surface area contributed by atoms with Crippen LogP contribution in [0.5, 0.6) is 5.75 Å². The fraction of sp³-hybridized carbons (Fsp3) is 0.286. The molecule has 0 saturated carbocycles. The van der Waals surface area contributed by atoms with E-state index in [1.54, 1.807) is 24.3 Å². The minimum atomic E-state index is -0.409. The van der Waals surface area contributed by atoms with Crippen LogP contribution in [0.4, 0.5) is 0 Å². The summed E-state index contributed by atoms with van der Waals surface area (Å²) in [4.78, 5) is 16.8. The first-order valence-electron chi connectivity index (χ1n) is 9.01. The third-order valence-electron chi connectivity index (χ3n) is 4.18. The number of ether oxygens (including phenoxy) is 1. The average Bonchev–Trinajstić information content (AvgIpc) is 3.15. The summed E-state index contributed by atoms with van der Waals surface area (Å²) in [6.45, 7) is 5.84. The molecule has 3 rings (SSSR count). The molecule has 0 radical (unpaired) electrons. The van der Waals surface area contributed by atoms with Gasteiger partial charge in [-0.3, -0.25) is 4.79 Å². The average molecular weight is 400 g/mol. The van der Waals surface area contributed by atoms with E-state index in [0.29, 0.717) is 22.5 Å². The Hall–Kier alpha value is -2.86. The number of aryl methyl sites for hydroxylation is 1. The highest BCUT2D eigenvalue weighted by atomic mass is 35.5. The maximum atomic E-state index is 12.3. The van der Waals surface area contributed by atoms with Crippen LogP contribution in [-0.4, -0.2) is 22.7 Å². The first-order chi connectivity index (χ1) is 13.4. The zero-order valence-corrected chi connectivity index (χ0v) is 16.7. The molecule has 3 aromatic rings. The predicted molar refractivity (Wildman–Crippen MR) is 107 cm³/mol. The summed E-state index contributed by atoms with van der Waals surface area (Å²) in [7, 11) is 0. The van der Waals surface area contributed by atoms with Crippen LogP contribution in [0.2, 0.25) is 5.02 Å². The molecule has 28 heavy (non-hydrogen) atoms. The van der Waals surface area contributed by atoms with Crippen molar-refractivity contribution in [3.05, 3.63) is 65.0 Å². The standard InChI is InChI=1S/C21H22ClN3O3/c1-13(2)19(23-18(26)12-27-17-10-8-16(22)9-11-17)21-24-20(25-28-21)15-6-4-14(3)5-7-15/h4-11,13,19H,12H2,1-3H3,(H,23,26). The van der Waals surface area contributed by atoms with Crippen LogP contribution >= 0.6 is 11.6 Å². The molecule has 0 aliphatic heterocycles. The van der Waals surface area contributed by atoms with Crippen molar-refractivity contribution in [3.63, 3.8) is 0 Å². The molecule has 1 atom stereocenters. The Morgan fingerprint density at radius 1 is 1.14 bits per heavy atom. The number of hydrogen-bond donors (Lipinski definition) is 1. The number of carbonyl (C=O) groups is 1. The molecular weight excluding hydrogens is 378 g/mol. The van der Waals surface area contributed by atoms with Gasteiger partial charge in [-0.2, -0.15) is 4.98 Å². The van der Waals surface area contributed by atoms with Gasteiger partial charge in [0, 0.05) is 10.6 Å². The lowest BCUT2D eigenvalue weighted by molar-refractivity contribution is -0.124. The third kappa shape index (κ3) is 5.10. The number of benzene rings is 2. The summed E-state index contributed by atoms with van der Waals surface area (Å²) in [6.07, 6.45) is 0. The van der Waals surface area contributed by atoms with Crippen molar-refractivity contribution in [2.45, 2.75) is 26.8 Å². The molecule has 0 aliphatic carbocycles. The monoisotopic (exact) mass is 399 g/mol. The van der Waals surface area contributed by atoms with Gasteiger partial charge in [0.05, 0.1) is 0 Å². The molecule has 1 heterocycles. The number of aromatic nitrogens is 2. The zero-order chi connectivity index (χ0) is 20.1. The molecule has 0 aliphatic rings. The van der Waals surface area contributed by atoms with E-state index in [0.717, 1.165) is 11.1 Å². The van der Waals surface area contributed by atoms with Crippen LogP contribution in [-0.2, 0) is 4.79 Å². The summed E-state index contributed by atoms with van der Waals surface area (Å²) < 4.78 is 10.9. The minimum Gasteiger partial charge on any atom is -0.484 e. The second kappa shape index (κ2) is 8.89. The first-order valence-corrected chi connectivity index (χ1v) is 9.38. The number of hydrogen-bond acceptors (Lipinski definition) is 5. The number of carbonyl (C=O) groups excluding carboxylic acids is 1. The van der Waals surface area contributed by atoms with Gasteiger partial charge in [0.25, 0.3) is 5.91 Å². The lowest BCUT2D eigenvalue weighted by Gasteiger charge is -2.18. The lowest BCUT2D eigenvalue weighted by atomic mass is 10.0. The highest BCUT2D eigenvalue weighted by molar-refractivity contribution is 6.30. The van der Waals surface area contributed by atoms with Crippen molar-refractivity contribution in [3.8, 4) is 17.1 Å². The van der Waals surface area contributed by atoms with Gasteiger partial charge < -0.3 is 14.6 Å². The number of nitrogens with one attached hydrogen (secondary N) is 1. The second-order valence-corrected chi connectivity index (χ2v) is 7.29. The molecule has 0 spiro atoms. The molecule has 6 nitrogen and oxygen atoms in total. The highest BCUT2D eigenvalue weighted by Gasteiger charge is 2.25. The van der Waals surface area contributed by atoms with Gasteiger partial charge in [-0.05, 0) is 37.1 Å². The maximum Gasteiger partial charge on any atom is 0.258 e. The van der Waals surface area contributed by atoms with Gasteiger partial charge in [0.2, 0.25) is 11.7 Å². The predicted octanol–water partition coefficient (Wildman–Crippen LogP) is 4.59. The zero-order valence-electron chi connectivity index (χ0n) is 16.0. The normalized spacial score (nSPS) is 12.0. The second-order valence-electron chi connectivity index (χ2n) is 6.85. The van der Waals surface area contributed by atoms with Crippen LogP contribution in [0.25, 0.3) is 11.4 Å². The Balaban J connectivity index is 1.65. The van der Waals surface area contributed by atoms with Crippen LogP contribution in [0.3, 0.4) is 0 Å². The van der Waals surface area contributed by atoms with Gasteiger partial charge in [-0.25, -0.2) is 0 Å². The molecule has 0 fully saturated rings. The minimum absolute atomic E-state index is 0.0609. The summed E-state index contributed by atoms with van der Waals surface area (Å²) in [5.74, 6) is 1.22. The molecule has 7 heteroatoms. The fourth-order valence-electron chi connectivity index (χ4n) is 2.59. The molecule has 1 N–H and O–H groups in total. The Morgan fingerprint density at radius 2 is 1.82 bits per heavy atom. The number of halogens is 1. The smallest absolute Gasteiger partial charge is 0.258 e. The number of rotatable bonds is 7. The van der Waals surface area contributed by atoms with Crippen molar-refractivity contribution in [2.24, 2.45) is 5.92 Å². The summed E-state index contributed by atoms with van der Waals surface area (Å²) in [6, 6.07) is 14.3. The van der Waals surface area contributed by atoms with Crippen molar-refractivity contribution in [1.29, 1.82) is 0 Å². The number of amides is 1. The van der Waals surface area contributed by atoms with E-state index in [1.807, 2.05) is 45.0 Å². The van der Waals surface area contributed by atoms with E-state index in [4.69, 9.17) is 20.9 Å². The van der Waals surface area contributed by atoms with Crippen LogP contribution in [0.15, 0.2) is 53.1 Å². The van der Waals surface area contributed by atoms with Crippen LogP contribution in [0.1, 0.15) is 31.3 Å². The van der Waals surface area contributed by atoms with Gasteiger partial charge in [-0.15, -0.1) is 0 Å². The summed E-state index contributed by atoms with van der Waals surface area (Å²) in [5.41, 5.74) is 2.01. The molecule has 0 bridgehead atoms. The molecule has 2 aromatic carbocycles. The lowest BCUT2D eigenvalue weighted by Crippen LogP contribution is -2.35. The largest absolute Gasteiger partial charge is 0.484 e. The Kier molecular flexibility index (Phi) is 6.31.